The molecule has 2 aromatic carbocycles. The van der Waals surface area contributed by atoms with E-state index in [-0.39, 0.29) is 0 Å². The average molecular weight is 311 g/mol. The van der Waals surface area contributed by atoms with Crippen LogP contribution in [0.4, 0.5) is 0 Å². The topological polar surface area (TPSA) is 53.7 Å². The average Bonchev–Trinajstić information content (AvgIpc) is 3.09. The minimum absolute atomic E-state index is 0.306. The molecule has 0 amide bonds. The molecule has 0 unspecified atom stereocenters. The molecule has 0 radical (unpaired) electrons. The van der Waals surface area contributed by atoms with Crippen LogP contribution in [0.3, 0.4) is 0 Å². The maximum Gasteiger partial charge on any atom is 0.226 e. The molecular formula is C18H17NO4. The van der Waals surface area contributed by atoms with Crippen molar-refractivity contribution in [3.63, 3.8) is 0 Å². The number of nitrogens with zero attached hydrogens (tertiary/aromatic N) is 1. The van der Waals surface area contributed by atoms with Crippen LogP contribution in [-0.2, 0) is 6.61 Å². The molecule has 1 aromatic heterocycles. The Balaban J connectivity index is 1.69. The zero-order chi connectivity index (χ0) is 16.1. The summed E-state index contributed by atoms with van der Waals surface area (Å²) in [6.07, 6.45) is 1.59. The minimum Gasteiger partial charge on any atom is -0.497 e. The molecule has 0 fully saturated rings. The van der Waals surface area contributed by atoms with E-state index >= 15 is 0 Å². The van der Waals surface area contributed by atoms with Gasteiger partial charge in [0, 0.05) is 5.56 Å². The third kappa shape index (κ3) is 3.45. The number of benzene rings is 2. The van der Waals surface area contributed by atoms with E-state index in [1.54, 1.807) is 20.5 Å². The van der Waals surface area contributed by atoms with Crippen molar-refractivity contribution in [2.75, 3.05) is 14.2 Å². The Morgan fingerprint density at radius 1 is 0.913 bits per heavy atom. The maximum absolute atomic E-state index is 5.73. The Morgan fingerprint density at radius 2 is 1.65 bits per heavy atom. The summed E-state index contributed by atoms with van der Waals surface area (Å²) in [5, 5.41) is 0. The van der Waals surface area contributed by atoms with Crippen LogP contribution in [0.25, 0.3) is 11.5 Å². The molecule has 0 saturated carbocycles. The molecule has 0 atom stereocenters. The summed E-state index contributed by atoms with van der Waals surface area (Å²) in [5.74, 6) is 2.70. The smallest absolute Gasteiger partial charge is 0.226 e. The zero-order valence-electron chi connectivity index (χ0n) is 13.0. The van der Waals surface area contributed by atoms with Gasteiger partial charge in [-0.15, -0.1) is 0 Å². The first kappa shape index (κ1) is 15.0. The molecule has 0 bridgehead atoms. The van der Waals surface area contributed by atoms with Gasteiger partial charge in [-0.1, -0.05) is 12.1 Å². The predicted molar refractivity (Wildman–Crippen MR) is 85.8 cm³/mol. The summed E-state index contributed by atoms with van der Waals surface area (Å²) in [7, 11) is 3.24. The Bertz CT molecular complexity index is 765. The summed E-state index contributed by atoms with van der Waals surface area (Å²) in [4.78, 5) is 4.43. The minimum atomic E-state index is 0.306. The second-order valence-corrected chi connectivity index (χ2v) is 4.81. The number of rotatable bonds is 6. The van der Waals surface area contributed by atoms with Crippen molar-refractivity contribution < 1.29 is 18.6 Å². The first-order valence-electron chi connectivity index (χ1n) is 7.15. The van der Waals surface area contributed by atoms with E-state index in [1.807, 2.05) is 48.5 Å². The highest BCUT2D eigenvalue weighted by Gasteiger charge is 2.09. The molecule has 0 saturated heterocycles. The summed E-state index contributed by atoms with van der Waals surface area (Å²) < 4.78 is 21.6. The number of methoxy groups -OCH3 is 2. The molecule has 23 heavy (non-hydrogen) atoms. The number of ether oxygens (including phenoxy) is 3. The molecular weight excluding hydrogens is 294 g/mol. The van der Waals surface area contributed by atoms with E-state index in [1.165, 1.54) is 0 Å². The van der Waals surface area contributed by atoms with Crippen LogP contribution in [0.15, 0.2) is 59.2 Å². The van der Waals surface area contributed by atoms with E-state index in [0.29, 0.717) is 29.7 Å². The Morgan fingerprint density at radius 3 is 2.35 bits per heavy atom. The van der Waals surface area contributed by atoms with Crippen molar-refractivity contribution in [2.24, 2.45) is 0 Å². The zero-order valence-corrected chi connectivity index (χ0v) is 13.0. The maximum atomic E-state index is 5.73. The highest BCUT2D eigenvalue weighted by molar-refractivity contribution is 5.54. The molecule has 5 nitrogen and oxygen atoms in total. The van der Waals surface area contributed by atoms with Crippen LogP contribution >= 0.6 is 0 Å². The van der Waals surface area contributed by atoms with Crippen molar-refractivity contribution in [2.45, 2.75) is 6.61 Å². The quantitative estimate of drug-likeness (QED) is 0.690. The highest BCUT2D eigenvalue weighted by Crippen LogP contribution is 2.27. The number of oxazole rings is 1. The van der Waals surface area contributed by atoms with Gasteiger partial charge in [0.15, 0.2) is 11.5 Å². The lowest BCUT2D eigenvalue weighted by molar-refractivity contribution is 0.280. The van der Waals surface area contributed by atoms with Gasteiger partial charge in [-0.2, -0.15) is 0 Å². The first-order valence-corrected chi connectivity index (χ1v) is 7.15. The first-order chi connectivity index (χ1) is 11.3. The van der Waals surface area contributed by atoms with Crippen LogP contribution in [0.2, 0.25) is 0 Å². The van der Waals surface area contributed by atoms with E-state index in [2.05, 4.69) is 4.98 Å². The summed E-state index contributed by atoms with van der Waals surface area (Å²) in [6, 6.07) is 15.0. The molecule has 0 aliphatic rings. The van der Waals surface area contributed by atoms with Gasteiger partial charge in [0.25, 0.3) is 0 Å². The fourth-order valence-electron chi connectivity index (χ4n) is 2.13. The second kappa shape index (κ2) is 6.87. The molecule has 5 heteroatoms. The van der Waals surface area contributed by atoms with Crippen molar-refractivity contribution in [3.05, 3.63) is 60.5 Å². The molecule has 1 heterocycles. The fourth-order valence-corrected chi connectivity index (χ4v) is 2.13. The third-order valence-corrected chi connectivity index (χ3v) is 3.33. The summed E-state index contributed by atoms with van der Waals surface area (Å²) in [6.45, 7) is 0.306. The molecule has 0 aliphatic heterocycles. The van der Waals surface area contributed by atoms with Gasteiger partial charge in [0.1, 0.15) is 24.3 Å². The van der Waals surface area contributed by atoms with Gasteiger partial charge >= 0.3 is 0 Å². The van der Waals surface area contributed by atoms with Crippen LogP contribution in [-0.4, -0.2) is 19.2 Å². The summed E-state index contributed by atoms with van der Waals surface area (Å²) >= 11 is 0. The highest BCUT2D eigenvalue weighted by atomic mass is 16.5. The Hall–Kier alpha value is -2.95. The van der Waals surface area contributed by atoms with Crippen molar-refractivity contribution in [1.82, 2.24) is 4.98 Å². The van der Waals surface area contributed by atoms with Crippen LogP contribution < -0.4 is 14.2 Å². The lowest BCUT2D eigenvalue weighted by atomic mass is 10.2. The van der Waals surface area contributed by atoms with Crippen LogP contribution in [0.1, 0.15) is 5.69 Å². The van der Waals surface area contributed by atoms with Crippen LogP contribution in [0.5, 0.6) is 17.2 Å². The summed E-state index contributed by atoms with van der Waals surface area (Å²) in [5.41, 5.74) is 1.59. The Labute approximate surface area is 134 Å². The molecule has 3 aromatic rings. The largest absolute Gasteiger partial charge is 0.497 e. The number of hydrogen-bond acceptors (Lipinski definition) is 5. The molecule has 0 spiro atoms. The second-order valence-electron chi connectivity index (χ2n) is 4.81. The fraction of sp³-hybridized carbons (Fsp3) is 0.167. The number of para-hydroxylation sites is 2. The normalized spacial score (nSPS) is 10.3. The van der Waals surface area contributed by atoms with Gasteiger partial charge in [-0.25, -0.2) is 4.98 Å². The van der Waals surface area contributed by atoms with E-state index in [0.717, 1.165) is 11.3 Å². The molecule has 0 aliphatic carbocycles. The van der Waals surface area contributed by atoms with E-state index in [4.69, 9.17) is 18.6 Å². The standard InChI is InChI=1S/C18H17NO4/c1-20-15-9-7-13(8-10-15)18-19-14(12-23-18)11-22-17-6-4-3-5-16(17)21-2/h3-10,12H,11H2,1-2H3. The Kier molecular flexibility index (Phi) is 4.47. The lowest BCUT2D eigenvalue weighted by Gasteiger charge is -2.08. The number of hydrogen-bond donors (Lipinski definition) is 0. The lowest BCUT2D eigenvalue weighted by Crippen LogP contribution is -1.97. The SMILES string of the molecule is COc1ccc(-c2nc(COc3ccccc3OC)co2)cc1. The van der Waals surface area contributed by atoms with Crippen LogP contribution in [0, 0.1) is 0 Å². The molecule has 3 rings (SSSR count). The van der Waals surface area contributed by atoms with E-state index < -0.39 is 0 Å². The third-order valence-electron chi connectivity index (χ3n) is 3.33. The number of aromatic nitrogens is 1. The van der Waals surface area contributed by atoms with Gasteiger partial charge in [-0.3, -0.25) is 0 Å². The van der Waals surface area contributed by atoms with Crippen molar-refractivity contribution in [3.8, 4) is 28.7 Å². The molecule has 118 valence electrons. The van der Waals surface area contributed by atoms with Gasteiger partial charge in [0.2, 0.25) is 5.89 Å². The monoisotopic (exact) mass is 311 g/mol. The predicted octanol–water partition coefficient (Wildman–Crippen LogP) is 3.94. The van der Waals surface area contributed by atoms with Gasteiger partial charge < -0.3 is 18.6 Å². The van der Waals surface area contributed by atoms with E-state index in [9.17, 15) is 0 Å². The van der Waals surface area contributed by atoms with Gasteiger partial charge in [-0.05, 0) is 36.4 Å². The van der Waals surface area contributed by atoms with Crippen molar-refractivity contribution >= 4 is 0 Å². The molecule has 0 N–H and O–H groups in total. The van der Waals surface area contributed by atoms with Crippen molar-refractivity contribution in [1.29, 1.82) is 0 Å². The van der Waals surface area contributed by atoms with Gasteiger partial charge in [0.05, 0.1) is 14.2 Å².